The summed E-state index contributed by atoms with van der Waals surface area (Å²) >= 11 is 0. The van der Waals surface area contributed by atoms with Crippen LogP contribution in [0, 0.1) is 5.92 Å². The highest BCUT2D eigenvalue weighted by Gasteiger charge is 2.37. The number of likely N-dealkylation sites (tertiary alicyclic amines) is 1. The highest BCUT2D eigenvalue weighted by atomic mass is 19.4. The van der Waals surface area contributed by atoms with Crippen LogP contribution in [0.5, 0.6) is 0 Å². The number of alkyl halides is 3. The van der Waals surface area contributed by atoms with Gasteiger partial charge in [-0.05, 0) is 19.8 Å². The van der Waals surface area contributed by atoms with Gasteiger partial charge in [-0.25, -0.2) is 4.99 Å². The van der Waals surface area contributed by atoms with Gasteiger partial charge in [-0.15, -0.1) is 0 Å². The predicted octanol–water partition coefficient (Wildman–Crippen LogP) is 1.79. The molecule has 1 aliphatic rings. The number of esters is 1. The number of aliphatic imine (C=N–C) groups is 1. The molecule has 0 radical (unpaired) electrons. The van der Waals surface area contributed by atoms with Crippen LogP contribution in [0.1, 0.15) is 31.0 Å². The largest absolute Gasteiger partial charge is 0.469 e. The Balaban J connectivity index is 2.10. The Morgan fingerprint density at radius 2 is 2.08 bits per heavy atom. The first-order valence-electron chi connectivity index (χ1n) is 8.47. The zero-order valence-electron chi connectivity index (χ0n) is 15.1. The molecule has 1 aliphatic heterocycles. The summed E-state index contributed by atoms with van der Waals surface area (Å²) in [6.45, 7) is 3.54. The van der Waals surface area contributed by atoms with Crippen LogP contribution in [0.15, 0.2) is 11.2 Å². The Hall–Kier alpha value is -2.26. The molecule has 0 aliphatic carbocycles. The summed E-state index contributed by atoms with van der Waals surface area (Å²) < 4.78 is 45.0. The van der Waals surface area contributed by atoms with Crippen molar-refractivity contribution in [1.29, 1.82) is 0 Å². The lowest BCUT2D eigenvalue weighted by atomic mass is 9.97. The van der Waals surface area contributed by atoms with Crippen LogP contribution in [0.4, 0.5) is 13.2 Å². The van der Waals surface area contributed by atoms with Crippen molar-refractivity contribution in [2.75, 3.05) is 26.7 Å². The molecule has 10 heteroatoms. The number of hydrogen-bond acceptors (Lipinski definition) is 4. The molecule has 0 spiro atoms. The predicted molar refractivity (Wildman–Crippen MR) is 89.3 cm³/mol. The third kappa shape index (κ3) is 4.89. The van der Waals surface area contributed by atoms with Crippen molar-refractivity contribution in [3.8, 4) is 0 Å². The quantitative estimate of drug-likeness (QED) is 0.494. The van der Waals surface area contributed by atoms with E-state index in [-0.39, 0.29) is 24.0 Å². The maximum Gasteiger partial charge on any atom is 0.435 e. The smallest absolute Gasteiger partial charge is 0.435 e. The molecule has 1 fully saturated rings. The average molecular weight is 375 g/mol. The zero-order valence-corrected chi connectivity index (χ0v) is 15.1. The van der Waals surface area contributed by atoms with Crippen LogP contribution in [-0.4, -0.2) is 53.4 Å². The van der Waals surface area contributed by atoms with Crippen molar-refractivity contribution in [3.63, 3.8) is 0 Å². The van der Waals surface area contributed by atoms with Crippen LogP contribution < -0.4 is 5.32 Å². The number of halogens is 3. The third-order valence-corrected chi connectivity index (χ3v) is 4.24. The fraction of sp³-hybridized carbons (Fsp3) is 0.688. The summed E-state index contributed by atoms with van der Waals surface area (Å²) in [4.78, 5) is 17.9. The molecule has 0 unspecified atom stereocenters. The molecule has 0 atom stereocenters. The Morgan fingerprint density at radius 3 is 2.62 bits per heavy atom. The van der Waals surface area contributed by atoms with E-state index in [1.54, 1.807) is 0 Å². The van der Waals surface area contributed by atoms with Crippen molar-refractivity contribution in [2.45, 2.75) is 32.5 Å². The van der Waals surface area contributed by atoms with Crippen molar-refractivity contribution in [3.05, 3.63) is 17.5 Å². The lowest BCUT2D eigenvalue weighted by molar-refractivity contribution is -0.146. The first kappa shape index (κ1) is 20.1. The van der Waals surface area contributed by atoms with Gasteiger partial charge < -0.3 is 15.0 Å². The summed E-state index contributed by atoms with van der Waals surface area (Å²) in [7, 11) is 2.82. The summed E-state index contributed by atoms with van der Waals surface area (Å²) in [5, 5.41) is 6.59. The Kier molecular flexibility index (Phi) is 6.49. The van der Waals surface area contributed by atoms with Crippen molar-refractivity contribution in [1.82, 2.24) is 20.0 Å². The third-order valence-electron chi connectivity index (χ3n) is 4.24. The number of methoxy groups -OCH3 is 1. The number of rotatable bonds is 4. The number of nitrogens with zero attached hydrogens (tertiary/aromatic N) is 4. The van der Waals surface area contributed by atoms with E-state index in [1.807, 2.05) is 11.8 Å². The van der Waals surface area contributed by atoms with Gasteiger partial charge in [-0.2, -0.15) is 18.3 Å². The minimum absolute atomic E-state index is 0.0276. The minimum atomic E-state index is -4.51. The summed E-state index contributed by atoms with van der Waals surface area (Å²) in [6, 6.07) is 0. The normalized spacial score (nSPS) is 16.7. The highest BCUT2D eigenvalue weighted by molar-refractivity contribution is 5.80. The number of piperidine rings is 1. The van der Waals surface area contributed by atoms with Gasteiger partial charge in [0.2, 0.25) is 0 Å². The molecule has 2 rings (SSSR count). The van der Waals surface area contributed by atoms with E-state index >= 15 is 0 Å². The summed E-state index contributed by atoms with van der Waals surface area (Å²) in [5.74, 6) is 0.166. The van der Waals surface area contributed by atoms with Gasteiger partial charge in [0.1, 0.15) is 0 Å². The average Bonchev–Trinajstić information content (AvgIpc) is 2.99. The minimum Gasteiger partial charge on any atom is -0.469 e. The number of hydrogen-bond donors (Lipinski definition) is 1. The van der Waals surface area contributed by atoms with E-state index in [4.69, 9.17) is 4.74 Å². The van der Waals surface area contributed by atoms with E-state index in [0.717, 1.165) is 4.68 Å². The number of aromatic nitrogens is 2. The first-order valence-corrected chi connectivity index (χ1v) is 8.47. The topological polar surface area (TPSA) is 71.8 Å². The fourth-order valence-corrected chi connectivity index (χ4v) is 2.97. The maximum absolute atomic E-state index is 13.0. The van der Waals surface area contributed by atoms with Gasteiger partial charge in [-0.3, -0.25) is 9.48 Å². The van der Waals surface area contributed by atoms with Crippen LogP contribution in [-0.2, 0) is 29.3 Å². The van der Waals surface area contributed by atoms with E-state index in [2.05, 4.69) is 15.4 Å². The number of guanidine groups is 1. The van der Waals surface area contributed by atoms with E-state index < -0.39 is 11.9 Å². The number of carbonyl (C=O) groups excluding carboxylic acids is 1. The summed E-state index contributed by atoms with van der Waals surface area (Å²) in [6.07, 6.45) is -1.93. The monoisotopic (exact) mass is 375 g/mol. The molecule has 0 amide bonds. The second-order valence-corrected chi connectivity index (χ2v) is 6.13. The molecule has 0 saturated carbocycles. The molecule has 1 aromatic heterocycles. The van der Waals surface area contributed by atoms with Gasteiger partial charge in [-0.1, -0.05) is 0 Å². The molecule has 7 nitrogen and oxygen atoms in total. The molecule has 0 bridgehead atoms. The molecular formula is C16H24F3N5O2. The Bertz CT molecular complexity index is 649. The molecule has 1 N–H and O–H groups in total. The second kappa shape index (κ2) is 8.41. The number of ether oxygens (including phenoxy) is 1. The first-order chi connectivity index (χ1) is 12.3. The fourth-order valence-electron chi connectivity index (χ4n) is 2.97. The highest BCUT2D eigenvalue weighted by Crippen LogP contribution is 2.31. The molecule has 2 heterocycles. The molecule has 0 aromatic carbocycles. The van der Waals surface area contributed by atoms with Gasteiger partial charge in [0.25, 0.3) is 0 Å². The SMILES string of the molecule is CCNC(=NCc1cn(C)nc1C(F)(F)F)N1CCC(C(=O)OC)CC1. The van der Waals surface area contributed by atoms with E-state index in [9.17, 15) is 18.0 Å². The standard InChI is InChI=1S/C16H24F3N5O2/c1-4-20-15(24-7-5-11(6-8-24)14(25)26-3)21-9-12-10-23(2)22-13(12)16(17,18)19/h10-11H,4-9H2,1-3H3,(H,20,21). The molecule has 146 valence electrons. The maximum atomic E-state index is 13.0. The van der Waals surface area contributed by atoms with Crippen LogP contribution in [0.3, 0.4) is 0 Å². The second-order valence-electron chi connectivity index (χ2n) is 6.13. The van der Waals surface area contributed by atoms with Crippen molar-refractivity contribution >= 4 is 11.9 Å². The zero-order chi connectivity index (χ0) is 19.3. The Morgan fingerprint density at radius 1 is 1.42 bits per heavy atom. The molecule has 1 aromatic rings. The number of carbonyl (C=O) groups is 1. The van der Waals surface area contributed by atoms with Crippen LogP contribution in [0.2, 0.25) is 0 Å². The molecule has 1 saturated heterocycles. The van der Waals surface area contributed by atoms with Crippen molar-refractivity contribution in [2.24, 2.45) is 18.0 Å². The van der Waals surface area contributed by atoms with Crippen LogP contribution in [0.25, 0.3) is 0 Å². The van der Waals surface area contributed by atoms with Crippen molar-refractivity contribution < 1.29 is 22.7 Å². The van der Waals surface area contributed by atoms with E-state index in [0.29, 0.717) is 38.4 Å². The lowest BCUT2D eigenvalue weighted by Crippen LogP contribution is -2.46. The van der Waals surface area contributed by atoms with Gasteiger partial charge in [0.05, 0.1) is 19.6 Å². The number of aryl methyl sites for hydroxylation is 1. The van der Waals surface area contributed by atoms with Gasteiger partial charge in [0.15, 0.2) is 11.7 Å². The molecular weight excluding hydrogens is 351 g/mol. The summed E-state index contributed by atoms with van der Waals surface area (Å²) in [5.41, 5.74) is -0.885. The van der Waals surface area contributed by atoms with Gasteiger partial charge >= 0.3 is 12.1 Å². The number of nitrogens with one attached hydrogen (secondary N) is 1. The van der Waals surface area contributed by atoms with Crippen LogP contribution >= 0.6 is 0 Å². The van der Waals surface area contributed by atoms with Gasteiger partial charge in [0, 0.05) is 38.4 Å². The molecule has 26 heavy (non-hydrogen) atoms. The lowest BCUT2D eigenvalue weighted by Gasteiger charge is -2.33. The Labute approximate surface area is 150 Å². The van der Waals surface area contributed by atoms with E-state index in [1.165, 1.54) is 20.4 Å².